The minimum Gasteiger partial charge on any atom is -0.328 e. The fraction of sp³-hybridized carbons (Fsp3) is 0.125. The quantitative estimate of drug-likeness (QED) is 0.346. The molecular formula is C8H9NO. The van der Waals surface area contributed by atoms with Crippen molar-refractivity contribution in [1.29, 1.82) is 0 Å². The third-order valence-electron chi connectivity index (χ3n) is 0.811. The molecule has 0 aliphatic carbocycles. The molecule has 1 amide bonds. The van der Waals surface area contributed by atoms with Gasteiger partial charge in [-0.05, 0) is 13.0 Å². The first-order chi connectivity index (χ1) is 4.85. The summed E-state index contributed by atoms with van der Waals surface area (Å²) in [5.41, 5.74) is 0.625. The Labute approximate surface area is 60.6 Å². The van der Waals surface area contributed by atoms with Gasteiger partial charge in [0.15, 0.2) is 0 Å². The van der Waals surface area contributed by atoms with Gasteiger partial charge in [0.05, 0.1) is 0 Å². The first kappa shape index (κ1) is 8.51. The van der Waals surface area contributed by atoms with Crippen molar-refractivity contribution in [3.63, 3.8) is 0 Å². The fourth-order valence-electron chi connectivity index (χ4n) is 0.475. The number of amides is 1. The van der Waals surface area contributed by atoms with Gasteiger partial charge in [-0.3, -0.25) is 4.79 Å². The zero-order chi connectivity index (χ0) is 7.82. The highest BCUT2D eigenvalue weighted by atomic mass is 16.1. The van der Waals surface area contributed by atoms with E-state index in [0.29, 0.717) is 12.1 Å². The van der Waals surface area contributed by atoms with Gasteiger partial charge in [0.25, 0.3) is 0 Å². The van der Waals surface area contributed by atoms with E-state index in [1.54, 1.807) is 12.2 Å². The Morgan fingerprint density at radius 1 is 1.70 bits per heavy atom. The van der Waals surface area contributed by atoms with Crippen LogP contribution in [0.5, 0.6) is 0 Å². The molecule has 0 aliphatic rings. The van der Waals surface area contributed by atoms with Crippen LogP contribution >= 0.6 is 0 Å². The number of terminal acetylenes is 1. The maximum atomic E-state index is 9.91. The Morgan fingerprint density at radius 2 is 2.40 bits per heavy atom. The van der Waals surface area contributed by atoms with E-state index in [0.717, 1.165) is 0 Å². The van der Waals surface area contributed by atoms with Crippen molar-refractivity contribution in [1.82, 2.24) is 5.32 Å². The van der Waals surface area contributed by atoms with Gasteiger partial charge in [-0.2, -0.15) is 0 Å². The Kier molecular flexibility index (Phi) is 4.80. The molecule has 0 radical (unpaired) electrons. The summed E-state index contributed by atoms with van der Waals surface area (Å²) in [7, 11) is 0. The summed E-state index contributed by atoms with van der Waals surface area (Å²) in [6.07, 6.45) is 10.5. The van der Waals surface area contributed by atoms with Gasteiger partial charge in [0.2, 0.25) is 6.41 Å². The van der Waals surface area contributed by atoms with E-state index in [1.165, 1.54) is 6.08 Å². The molecule has 1 N–H and O–H groups in total. The molecule has 0 spiro atoms. The van der Waals surface area contributed by atoms with Crippen LogP contribution in [0.1, 0.15) is 6.92 Å². The number of hydrogen-bond acceptors (Lipinski definition) is 1. The van der Waals surface area contributed by atoms with Crippen LogP contribution in [0.3, 0.4) is 0 Å². The molecule has 0 saturated carbocycles. The standard InChI is InChI=1S/C8H9NO/c1-3-5-8(6-4-2)9-7-10/h1,4-7H,2H3,(H,9,10)/b6-4-,8-5+. The average Bonchev–Trinajstić information content (AvgIpc) is 1.90. The predicted molar refractivity (Wildman–Crippen MR) is 40.9 cm³/mol. The maximum absolute atomic E-state index is 9.91. The molecule has 0 saturated heterocycles. The SMILES string of the molecule is C#C/C=C(\C=C/C)NC=O. The Morgan fingerprint density at radius 3 is 2.80 bits per heavy atom. The molecule has 2 nitrogen and oxygen atoms in total. The van der Waals surface area contributed by atoms with E-state index in [9.17, 15) is 4.79 Å². The highest BCUT2D eigenvalue weighted by Gasteiger charge is 1.83. The van der Waals surface area contributed by atoms with Crippen LogP contribution in [0.25, 0.3) is 0 Å². The lowest BCUT2D eigenvalue weighted by Gasteiger charge is -1.93. The van der Waals surface area contributed by atoms with Crippen LogP contribution in [0, 0.1) is 12.3 Å². The summed E-state index contributed by atoms with van der Waals surface area (Å²) in [6.45, 7) is 1.84. The van der Waals surface area contributed by atoms with E-state index in [1.807, 2.05) is 6.92 Å². The van der Waals surface area contributed by atoms with Crippen LogP contribution in [0.4, 0.5) is 0 Å². The predicted octanol–water partition coefficient (Wildman–Crippen LogP) is 0.826. The molecule has 0 aromatic rings. The lowest BCUT2D eigenvalue weighted by atomic mass is 10.3. The third-order valence-corrected chi connectivity index (χ3v) is 0.811. The summed E-state index contributed by atoms with van der Waals surface area (Å²) >= 11 is 0. The van der Waals surface area contributed by atoms with E-state index >= 15 is 0 Å². The van der Waals surface area contributed by atoms with Crippen LogP contribution in [-0.4, -0.2) is 6.41 Å². The smallest absolute Gasteiger partial charge is 0.211 e. The highest BCUT2D eigenvalue weighted by molar-refractivity contribution is 5.52. The van der Waals surface area contributed by atoms with E-state index in [4.69, 9.17) is 6.42 Å². The zero-order valence-electron chi connectivity index (χ0n) is 5.79. The number of allylic oxidation sites excluding steroid dienone is 3. The second kappa shape index (κ2) is 5.64. The molecule has 0 atom stereocenters. The maximum Gasteiger partial charge on any atom is 0.211 e. The molecule has 0 rings (SSSR count). The normalized spacial score (nSPS) is 11.0. The molecule has 0 unspecified atom stereocenters. The summed E-state index contributed by atoms with van der Waals surface area (Å²) in [4.78, 5) is 9.91. The largest absolute Gasteiger partial charge is 0.328 e. The second-order valence-electron chi connectivity index (χ2n) is 1.53. The number of nitrogens with one attached hydrogen (secondary N) is 1. The summed E-state index contributed by atoms with van der Waals surface area (Å²) in [5, 5.41) is 2.44. The van der Waals surface area contributed by atoms with Crippen molar-refractivity contribution >= 4 is 6.41 Å². The van der Waals surface area contributed by atoms with Crippen molar-refractivity contribution in [2.45, 2.75) is 6.92 Å². The number of carbonyl (C=O) groups is 1. The molecule has 10 heavy (non-hydrogen) atoms. The molecule has 0 aromatic heterocycles. The van der Waals surface area contributed by atoms with Gasteiger partial charge in [-0.1, -0.05) is 12.0 Å². The third kappa shape index (κ3) is 3.50. The molecule has 0 heterocycles. The average molecular weight is 135 g/mol. The Balaban J connectivity index is 4.13. The molecule has 0 aliphatic heterocycles. The Bertz CT molecular complexity index is 196. The molecule has 0 fully saturated rings. The van der Waals surface area contributed by atoms with Gasteiger partial charge in [-0.15, -0.1) is 6.42 Å². The van der Waals surface area contributed by atoms with Crippen molar-refractivity contribution < 1.29 is 4.79 Å². The highest BCUT2D eigenvalue weighted by Crippen LogP contribution is 1.87. The zero-order valence-corrected chi connectivity index (χ0v) is 5.79. The Hall–Kier alpha value is -1.49. The van der Waals surface area contributed by atoms with Gasteiger partial charge in [0, 0.05) is 11.8 Å². The van der Waals surface area contributed by atoms with Crippen LogP contribution < -0.4 is 5.32 Å². The molecule has 52 valence electrons. The van der Waals surface area contributed by atoms with Gasteiger partial charge < -0.3 is 5.32 Å². The molecule has 0 aromatic carbocycles. The topological polar surface area (TPSA) is 29.1 Å². The minimum atomic E-state index is 0.586. The van der Waals surface area contributed by atoms with Gasteiger partial charge in [0.1, 0.15) is 0 Å². The number of hydrogen-bond donors (Lipinski definition) is 1. The first-order valence-electron chi connectivity index (χ1n) is 2.84. The minimum absolute atomic E-state index is 0.586. The van der Waals surface area contributed by atoms with Gasteiger partial charge >= 0.3 is 0 Å². The lowest BCUT2D eigenvalue weighted by Crippen LogP contribution is -2.07. The molecular weight excluding hydrogens is 126 g/mol. The second-order valence-corrected chi connectivity index (χ2v) is 1.53. The number of rotatable bonds is 3. The van der Waals surface area contributed by atoms with Crippen LogP contribution in [-0.2, 0) is 4.79 Å². The van der Waals surface area contributed by atoms with Crippen LogP contribution in [0.2, 0.25) is 0 Å². The van der Waals surface area contributed by atoms with Crippen molar-refractivity contribution in [3.8, 4) is 12.3 Å². The van der Waals surface area contributed by atoms with Crippen molar-refractivity contribution in [2.24, 2.45) is 0 Å². The van der Waals surface area contributed by atoms with E-state index in [-0.39, 0.29) is 0 Å². The lowest BCUT2D eigenvalue weighted by molar-refractivity contribution is -0.108. The number of carbonyl (C=O) groups excluding carboxylic acids is 1. The van der Waals surface area contributed by atoms with Crippen LogP contribution in [0.15, 0.2) is 23.9 Å². The summed E-state index contributed by atoms with van der Waals surface area (Å²) < 4.78 is 0. The van der Waals surface area contributed by atoms with Crippen molar-refractivity contribution in [3.05, 3.63) is 23.9 Å². The fourth-order valence-corrected chi connectivity index (χ4v) is 0.475. The van der Waals surface area contributed by atoms with Gasteiger partial charge in [-0.25, -0.2) is 0 Å². The van der Waals surface area contributed by atoms with E-state index < -0.39 is 0 Å². The molecule has 2 heteroatoms. The summed E-state index contributed by atoms with van der Waals surface area (Å²) in [6, 6.07) is 0. The first-order valence-corrected chi connectivity index (χ1v) is 2.84. The monoisotopic (exact) mass is 135 g/mol. The van der Waals surface area contributed by atoms with Crippen molar-refractivity contribution in [2.75, 3.05) is 0 Å². The summed E-state index contributed by atoms with van der Waals surface area (Å²) in [5.74, 6) is 2.30. The molecule has 0 bridgehead atoms. The van der Waals surface area contributed by atoms with E-state index in [2.05, 4.69) is 11.2 Å².